The molecule has 4 N–H and O–H groups in total. The lowest BCUT2D eigenvalue weighted by molar-refractivity contribution is 0.392. The van der Waals surface area contributed by atoms with E-state index in [9.17, 15) is 27.0 Å². The molecule has 0 atom stereocenters. The zero-order valence-corrected chi connectivity index (χ0v) is 15.3. The molecule has 140 valence electrons. The fourth-order valence-corrected chi connectivity index (χ4v) is 3.97. The van der Waals surface area contributed by atoms with Gasteiger partial charge in [-0.1, -0.05) is 12.5 Å². The summed E-state index contributed by atoms with van der Waals surface area (Å²) in [6, 6.07) is 4.63. The number of rotatable bonds is 8. The van der Waals surface area contributed by atoms with E-state index in [0.717, 1.165) is 35.2 Å². The second-order valence-electron chi connectivity index (χ2n) is 5.72. The van der Waals surface area contributed by atoms with E-state index in [4.69, 9.17) is 0 Å². The van der Waals surface area contributed by atoms with Gasteiger partial charge in [-0.15, -0.1) is 0 Å². The van der Waals surface area contributed by atoms with Crippen molar-refractivity contribution in [3.63, 3.8) is 0 Å². The van der Waals surface area contributed by atoms with E-state index in [-0.39, 0.29) is 11.4 Å². The Morgan fingerprint density at radius 3 is 2.48 bits per heavy atom. The maximum absolute atomic E-state index is 11.8. The Hall–Kier alpha value is -1.98. The van der Waals surface area contributed by atoms with Crippen LogP contribution in [-0.4, -0.2) is 39.8 Å². The number of aliphatic hydroxyl groups is 1. The lowest BCUT2D eigenvalue weighted by Gasteiger charge is -2.16. The van der Waals surface area contributed by atoms with Crippen molar-refractivity contribution in [1.82, 2.24) is 9.44 Å². The third-order valence-corrected chi connectivity index (χ3v) is 5.53. The van der Waals surface area contributed by atoms with Crippen LogP contribution < -0.4 is 13.7 Å². The molecule has 25 heavy (non-hydrogen) atoms. The van der Waals surface area contributed by atoms with Gasteiger partial charge in [0.05, 0.1) is 12.5 Å². The molecule has 0 bridgehead atoms. The SMILES string of the molecule is CS(=O)(=O)NCCCCCc1ccc(N2C=C(O)NS2(=O)=O)c(O)c1. The maximum atomic E-state index is 11.8. The van der Waals surface area contributed by atoms with Crippen LogP contribution in [-0.2, 0) is 26.7 Å². The molecular weight excluding hydrogens is 370 g/mol. The van der Waals surface area contributed by atoms with Crippen LogP contribution >= 0.6 is 0 Å². The summed E-state index contributed by atoms with van der Waals surface area (Å²) in [7, 11) is -7.10. The average Bonchev–Trinajstić information content (AvgIpc) is 2.74. The molecule has 0 aromatic heterocycles. The van der Waals surface area contributed by atoms with Crippen LogP contribution in [0.25, 0.3) is 0 Å². The molecule has 0 saturated heterocycles. The molecule has 2 rings (SSSR count). The highest BCUT2D eigenvalue weighted by Crippen LogP contribution is 2.32. The summed E-state index contributed by atoms with van der Waals surface area (Å²) in [6.45, 7) is 0.388. The van der Waals surface area contributed by atoms with Crippen molar-refractivity contribution in [2.45, 2.75) is 25.7 Å². The van der Waals surface area contributed by atoms with Gasteiger partial charge in [0.2, 0.25) is 15.9 Å². The molecule has 1 aliphatic rings. The number of phenolic OH excluding ortho intramolecular Hbond substituents is 1. The van der Waals surface area contributed by atoms with E-state index in [1.54, 1.807) is 6.07 Å². The molecule has 1 aromatic carbocycles. The van der Waals surface area contributed by atoms with Gasteiger partial charge in [0.25, 0.3) is 0 Å². The Balaban J connectivity index is 1.90. The van der Waals surface area contributed by atoms with Gasteiger partial charge >= 0.3 is 10.2 Å². The fraction of sp³-hybridized carbons (Fsp3) is 0.429. The number of nitrogens with zero attached hydrogens (tertiary/aromatic N) is 1. The van der Waals surface area contributed by atoms with Gasteiger partial charge in [-0.05, 0) is 37.0 Å². The molecule has 0 radical (unpaired) electrons. The summed E-state index contributed by atoms with van der Waals surface area (Å²) >= 11 is 0. The summed E-state index contributed by atoms with van der Waals surface area (Å²) in [4.78, 5) is 0. The van der Waals surface area contributed by atoms with E-state index >= 15 is 0 Å². The quantitative estimate of drug-likeness (QED) is 0.481. The van der Waals surface area contributed by atoms with Crippen LogP contribution in [0.4, 0.5) is 5.69 Å². The number of aromatic hydroxyl groups is 1. The monoisotopic (exact) mass is 391 g/mol. The lowest BCUT2D eigenvalue weighted by Crippen LogP contribution is -2.29. The van der Waals surface area contributed by atoms with E-state index in [1.807, 2.05) is 4.72 Å². The first-order chi connectivity index (χ1) is 11.6. The van der Waals surface area contributed by atoms with Crippen LogP contribution in [0.15, 0.2) is 30.3 Å². The first-order valence-electron chi connectivity index (χ1n) is 7.58. The molecule has 9 nitrogen and oxygen atoms in total. The van der Waals surface area contributed by atoms with Crippen molar-refractivity contribution in [3.8, 4) is 5.75 Å². The summed E-state index contributed by atoms with van der Waals surface area (Å²) in [6.07, 6.45) is 5.07. The Morgan fingerprint density at radius 1 is 1.20 bits per heavy atom. The molecule has 0 saturated carbocycles. The average molecular weight is 391 g/mol. The highest BCUT2D eigenvalue weighted by molar-refractivity contribution is 7.91. The minimum atomic E-state index is -3.94. The van der Waals surface area contributed by atoms with E-state index in [2.05, 4.69) is 4.72 Å². The number of sulfonamides is 1. The highest BCUT2D eigenvalue weighted by atomic mass is 32.2. The minimum absolute atomic E-state index is 0.0395. The van der Waals surface area contributed by atoms with Crippen LogP contribution in [0.3, 0.4) is 0 Å². The maximum Gasteiger partial charge on any atom is 0.330 e. The largest absolute Gasteiger partial charge is 0.506 e. The molecule has 1 heterocycles. The van der Waals surface area contributed by atoms with Gasteiger partial charge in [0.1, 0.15) is 11.4 Å². The molecule has 1 aliphatic heterocycles. The minimum Gasteiger partial charge on any atom is -0.506 e. The van der Waals surface area contributed by atoms with Crippen molar-refractivity contribution < 1.29 is 27.0 Å². The van der Waals surface area contributed by atoms with E-state index in [0.29, 0.717) is 19.4 Å². The molecule has 0 amide bonds. The number of nitrogens with one attached hydrogen (secondary N) is 2. The number of aryl methyl sites for hydroxylation is 1. The Morgan fingerprint density at radius 2 is 1.92 bits per heavy atom. The zero-order valence-electron chi connectivity index (χ0n) is 13.6. The second-order valence-corrected chi connectivity index (χ2v) is 9.10. The molecule has 1 aromatic rings. The summed E-state index contributed by atoms with van der Waals surface area (Å²) < 4.78 is 50.5. The van der Waals surface area contributed by atoms with E-state index in [1.165, 1.54) is 12.1 Å². The summed E-state index contributed by atoms with van der Waals surface area (Å²) in [5.41, 5.74) is 0.868. The third kappa shape index (κ3) is 5.51. The molecule has 0 aliphatic carbocycles. The fourth-order valence-electron chi connectivity index (χ4n) is 2.39. The van der Waals surface area contributed by atoms with Gasteiger partial charge in [0, 0.05) is 6.54 Å². The number of unbranched alkanes of at least 4 members (excludes halogenated alkanes) is 2. The van der Waals surface area contributed by atoms with Crippen molar-refractivity contribution in [2.24, 2.45) is 0 Å². The van der Waals surface area contributed by atoms with Gasteiger partial charge in [-0.2, -0.15) is 8.42 Å². The number of anilines is 1. The number of aliphatic hydroxyl groups excluding tert-OH is 1. The smallest absolute Gasteiger partial charge is 0.330 e. The van der Waals surface area contributed by atoms with E-state index < -0.39 is 26.1 Å². The number of benzene rings is 1. The van der Waals surface area contributed by atoms with Crippen LogP contribution in [0.5, 0.6) is 5.75 Å². The van der Waals surface area contributed by atoms with Crippen molar-refractivity contribution in [1.29, 1.82) is 0 Å². The van der Waals surface area contributed by atoms with Gasteiger partial charge in [0.15, 0.2) is 0 Å². The van der Waals surface area contributed by atoms with Gasteiger partial charge < -0.3 is 10.2 Å². The molecule has 11 heteroatoms. The van der Waals surface area contributed by atoms with Gasteiger partial charge in [-0.3, -0.25) is 0 Å². The van der Waals surface area contributed by atoms with Crippen LogP contribution in [0.2, 0.25) is 0 Å². The normalized spacial score (nSPS) is 16.5. The lowest BCUT2D eigenvalue weighted by atomic mass is 10.1. The summed E-state index contributed by atoms with van der Waals surface area (Å²) in [5.74, 6) is -0.737. The molecular formula is C14H21N3O6S2. The van der Waals surface area contributed by atoms with Crippen molar-refractivity contribution >= 4 is 25.9 Å². The highest BCUT2D eigenvalue weighted by Gasteiger charge is 2.30. The number of hydrogen-bond donors (Lipinski definition) is 4. The molecule has 0 unspecified atom stereocenters. The zero-order chi connectivity index (χ0) is 18.7. The Bertz CT molecular complexity index is 865. The number of hydrogen-bond acceptors (Lipinski definition) is 6. The predicted molar refractivity (Wildman–Crippen MR) is 93.8 cm³/mol. The summed E-state index contributed by atoms with van der Waals surface area (Å²) in [5, 5.41) is 19.4. The Labute approximate surface area is 147 Å². The molecule has 0 spiro atoms. The van der Waals surface area contributed by atoms with Crippen LogP contribution in [0.1, 0.15) is 24.8 Å². The number of phenols is 1. The Kier molecular flexibility index (Phi) is 5.80. The molecule has 0 fully saturated rings. The second kappa shape index (κ2) is 7.50. The third-order valence-electron chi connectivity index (χ3n) is 3.52. The predicted octanol–water partition coefficient (Wildman–Crippen LogP) is 0.665. The van der Waals surface area contributed by atoms with Gasteiger partial charge in [-0.25, -0.2) is 22.2 Å². The standard InChI is InChI=1S/C14H21N3O6S2/c1-24(20,21)15-8-4-2-3-5-11-6-7-12(13(18)9-11)17-10-14(19)16-25(17,22)23/h6-7,9-10,15-16,18-19H,2-5,8H2,1H3. The first-order valence-corrected chi connectivity index (χ1v) is 10.9. The first kappa shape index (κ1) is 19.3. The van der Waals surface area contributed by atoms with Crippen molar-refractivity contribution in [3.05, 3.63) is 35.8 Å². The van der Waals surface area contributed by atoms with Crippen molar-refractivity contribution in [2.75, 3.05) is 17.1 Å². The van der Waals surface area contributed by atoms with Crippen LogP contribution in [0, 0.1) is 0 Å². The topological polar surface area (TPSA) is 136 Å².